The first-order valence-electron chi connectivity index (χ1n) is 6.33. The zero-order chi connectivity index (χ0) is 18.1. The van der Waals surface area contributed by atoms with Gasteiger partial charge in [-0.3, -0.25) is 0 Å². The summed E-state index contributed by atoms with van der Waals surface area (Å²) in [5.41, 5.74) is 0.389. The number of sulfonamides is 1. The molecule has 0 bridgehead atoms. The van der Waals surface area contributed by atoms with E-state index in [-0.39, 0.29) is 21.0 Å². The Kier molecular flexibility index (Phi) is 5.09. The minimum atomic E-state index is -4.82. The van der Waals surface area contributed by atoms with E-state index >= 15 is 0 Å². The monoisotopic (exact) mass is 381 g/mol. The van der Waals surface area contributed by atoms with Crippen molar-refractivity contribution >= 4 is 21.6 Å². The number of aliphatic hydroxyl groups is 1. The van der Waals surface area contributed by atoms with Crippen LogP contribution in [0.2, 0.25) is 5.02 Å². The highest BCUT2D eigenvalue weighted by Crippen LogP contribution is 2.30. The second-order valence-electron chi connectivity index (χ2n) is 4.75. The predicted octanol–water partition coefficient (Wildman–Crippen LogP) is 2.97. The summed E-state index contributed by atoms with van der Waals surface area (Å²) < 4.78 is 62.9. The summed E-state index contributed by atoms with van der Waals surface area (Å²) in [5, 5.41) is 15.2. The second-order valence-corrected chi connectivity index (χ2v) is 6.69. The average molecular weight is 382 g/mol. The van der Waals surface area contributed by atoms with Gasteiger partial charge in [-0.05, 0) is 35.4 Å². The molecule has 2 rings (SSSR count). The first kappa shape index (κ1) is 18.5. The molecule has 0 heterocycles. The summed E-state index contributed by atoms with van der Waals surface area (Å²) in [6.07, 6.45) is -6.11. The number of hydrogen-bond acceptors (Lipinski definition) is 4. The molecule has 0 saturated heterocycles. The Bertz CT molecular complexity index is 838. The topological polar surface area (TPSA) is 89.6 Å². The Labute approximate surface area is 140 Å². The summed E-state index contributed by atoms with van der Waals surface area (Å²) in [6, 6.07) is 8.23. The highest BCUT2D eigenvalue weighted by Gasteiger charge is 2.31. The number of alkyl halides is 3. The molecule has 2 aromatic carbocycles. The zero-order valence-electron chi connectivity index (χ0n) is 11.8. The first-order chi connectivity index (χ1) is 11.0. The van der Waals surface area contributed by atoms with Crippen LogP contribution >= 0.6 is 11.6 Å². The van der Waals surface area contributed by atoms with Crippen LogP contribution in [0.25, 0.3) is 0 Å². The minimum absolute atomic E-state index is 0.109. The van der Waals surface area contributed by atoms with Crippen molar-refractivity contribution in [2.75, 3.05) is 0 Å². The molecule has 0 saturated carbocycles. The van der Waals surface area contributed by atoms with Crippen molar-refractivity contribution in [3.63, 3.8) is 0 Å². The van der Waals surface area contributed by atoms with Gasteiger partial charge in [0.25, 0.3) is 0 Å². The van der Waals surface area contributed by atoms with Gasteiger partial charge in [-0.15, -0.1) is 13.2 Å². The predicted molar refractivity (Wildman–Crippen MR) is 80.0 cm³/mol. The molecule has 10 heteroatoms. The molecule has 0 fully saturated rings. The number of benzene rings is 2. The van der Waals surface area contributed by atoms with Crippen LogP contribution in [-0.2, 0) is 10.0 Å². The van der Waals surface area contributed by atoms with Gasteiger partial charge in [0.1, 0.15) is 16.7 Å². The zero-order valence-corrected chi connectivity index (χ0v) is 13.4. The van der Waals surface area contributed by atoms with Gasteiger partial charge in [0, 0.05) is 0 Å². The molecule has 130 valence electrons. The third-order valence-corrected chi connectivity index (χ3v) is 4.40. The quantitative estimate of drug-likeness (QED) is 0.852. The van der Waals surface area contributed by atoms with E-state index in [4.69, 9.17) is 16.7 Å². The van der Waals surface area contributed by atoms with Gasteiger partial charge in [-0.25, -0.2) is 13.6 Å². The van der Waals surface area contributed by atoms with Crippen LogP contribution in [0.15, 0.2) is 47.4 Å². The smallest absolute Gasteiger partial charge is 0.406 e. The van der Waals surface area contributed by atoms with E-state index in [2.05, 4.69) is 4.74 Å². The molecule has 1 unspecified atom stereocenters. The average Bonchev–Trinajstić information content (AvgIpc) is 2.45. The summed E-state index contributed by atoms with van der Waals surface area (Å²) in [4.78, 5) is -0.363. The van der Waals surface area contributed by atoms with Crippen molar-refractivity contribution in [1.29, 1.82) is 0 Å². The number of aliphatic hydroxyl groups excluding tert-OH is 1. The van der Waals surface area contributed by atoms with E-state index in [1.807, 2.05) is 0 Å². The Balaban J connectivity index is 2.31. The van der Waals surface area contributed by atoms with Gasteiger partial charge in [0.2, 0.25) is 10.0 Å². The maximum absolute atomic E-state index is 12.1. The van der Waals surface area contributed by atoms with Crippen LogP contribution in [0, 0.1) is 0 Å². The first-order valence-corrected chi connectivity index (χ1v) is 8.26. The van der Waals surface area contributed by atoms with Crippen molar-refractivity contribution < 1.29 is 31.4 Å². The molecule has 0 aliphatic heterocycles. The third kappa shape index (κ3) is 4.60. The SMILES string of the molecule is NS(=O)(=O)c1cc(C(O)c2ccc(OC(F)(F)F)cc2)ccc1Cl. The van der Waals surface area contributed by atoms with E-state index in [1.165, 1.54) is 24.3 Å². The molecule has 0 radical (unpaired) electrons. The van der Waals surface area contributed by atoms with E-state index in [0.29, 0.717) is 0 Å². The van der Waals surface area contributed by atoms with Crippen molar-refractivity contribution in [3.05, 3.63) is 58.6 Å². The number of primary sulfonamides is 1. The summed E-state index contributed by atoms with van der Waals surface area (Å²) in [6.45, 7) is 0. The number of rotatable bonds is 4. The van der Waals surface area contributed by atoms with Gasteiger partial charge < -0.3 is 9.84 Å². The van der Waals surface area contributed by atoms with Crippen LogP contribution in [-0.4, -0.2) is 19.9 Å². The van der Waals surface area contributed by atoms with Crippen molar-refractivity contribution in [2.24, 2.45) is 5.14 Å². The fourth-order valence-corrected chi connectivity index (χ4v) is 3.03. The van der Waals surface area contributed by atoms with Gasteiger partial charge in [-0.2, -0.15) is 0 Å². The van der Waals surface area contributed by atoms with Gasteiger partial charge >= 0.3 is 6.36 Å². The van der Waals surface area contributed by atoms with E-state index in [9.17, 15) is 26.7 Å². The highest BCUT2D eigenvalue weighted by molar-refractivity contribution is 7.89. The standard InChI is InChI=1S/C14H11ClF3NO4S/c15-11-6-3-9(7-12(11)24(19,21)22)13(20)8-1-4-10(5-2-8)23-14(16,17)18/h1-7,13,20H,(H2,19,21,22). The molecule has 0 aliphatic carbocycles. The van der Waals surface area contributed by atoms with Gasteiger partial charge in [0.05, 0.1) is 5.02 Å². The Morgan fingerprint density at radius 2 is 1.62 bits per heavy atom. The number of hydrogen-bond donors (Lipinski definition) is 2. The van der Waals surface area contributed by atoms with E-state index < -0.39 is 28.2 Å². The molecular weight excluding hydrogens is 371 g/mol. The molecular formula is C14H11ClF3NO4S. The van der Waals surface area contributed by atoms with Gasteiger partial charge in [0.15, 0.2) is 0 Å². The lowest BCUT2D eigenvalue weighted by Crippen LogP contribution is -2.17. The van der Waals surface area contributed by atoms with Gasteiger partial charge in [-0.1, -0.05) is 29.8 Å². The second kappa shape index (κ2) is 6.60. The number of ether oxygens (including phenoxy) is 1. The van der Waals surface area contributed by atoms with Crippen molar-refractivity contribution in [2.45, 2.75) is 17.4 Å². The molecule has 3 N–H and O–H groups in total. The van der Waals surface area contributed by atoms with Crippen LogP contribution in [0.4, 0.5) is 13.2 Å². The van der Waals surface area contributed by atoms with Crippen molar-refractivity contribution in [1.82, 2.24) is 0 Å². The minimum Gasteiger partial charge on any atom is -0.406 e. The lowest BCUT2D eigenvalue weighted by atomic mass is 10.0. The lowest BCUT2D eigenvalue weighted by molar-refractivity contribution is -0.274. The highest BCUT2D eigenvalue weighted by atomic mass is 35.5. The van der Waals surface area contributed by atoms with E-state index in [0.717, 1.165) is 18.2 Å². The molecule has 5 nitrogen and oxygen atoms in total. The lowest BCUT2D eigenvalue weighted by Gasteiger charge is -2.14. The maximum Gasteiger partial charge on any atom is 0.573 e. The Morgan fingerprint density at radius 3 is 2.12 bits per heavy atom. The summed E-state index contributed by atoms with van der Waals surface area (Å²) >= 11 is 5.75. The molecule has 2 aromatic rings. The van der Waals surface area contributed by atoms with Crippen LogP contribution in [0.1, 0.15) is 17.2 Å². The maximum atomic E-state index is 12.1. The summed E-state index contributed by atoms with van der Waals surface area (Å²) in [5.74, 6) is -0.445. The molecule has 1 atom stereocenters. The van der Waals surface area contributed by atoms with Crippen LogP contribution in [0.3, 0.4) is 0 Å². The summed E-state index contributed by atoms with van der Waals surface area (Å²) in [7, 11) is -4.09. The molecule has 24 heavy (non-hydrogen) atoms. The molecule has 0 aliphatic rings. The van der Waals surface area contributed by atoms with Crippen LogP contribution < -0.4 is 9.88 Å². The number of nitrogens with two attached hydrogens (primary N) is 1. The number of halogens is 4. The fourth-order valence-electron chi connectivity index (χ4n) is 1.95. The molecule has 0 aromatic heterocycles. The molecule has 0 amide bonds. The van der Waals surface area contributed by atoms with Crippen LogP contribution in [0.5, 0.6) is 5.75 Å². The molecule has 0 spiro atoms. The normalized spacial score (nSPS) is 13.6. The Hall–Kier alpha value is -1.81. The third-order valence-electron chi connectivity index (χ3n) is 3.01. The van der Waals surface area contributed by atoms with Crippen molar-refractivity contribution in [3.8, 4) is 5.75 Å². The fraction of sp³-hybridized carbons (Fsp3) is 0.143. The Morgan fingerprint density at radius 1 is 1.08 bits per heavy atom. The van der Waals surface area contributed by atoms with E-state index in [1.54, 1.807) is 0 Å². The largest absolute Gasteiger partial charge is 0.573 e.